The molecule has 0 radical (unpaired) electrons. The van der Waals surface area contributed by atoms with Gasteiger partial charge in [-0.3, -0.25) is 9.59 Å². The second-order valence-corrected chi connectivity index (χ2v) is 7.42. The third kappa shape index (κ3) is 2.64. The lowest BCUT2D eigenvalue weighted by Gasteiger charge is -2.24. The van der Waals surface area contributed by atoms with E-state index >= 15 is 0 Å². The normalized spacial score (nSPS) is 32.9. The molecule has 1 aromatic rings. The zero-order valence-electron chi connectivity index (χ0n) is 13.6. The van der Waals surface area contributed by atoms with Crippen molar-refractivity contribution >= 4 is 11.8 Å². The Labute approximate surface area is 137 Å². The van der Waals surface area contributed by atoms with E-state index < -0.39 is 0 Å². The Bertz CT molecular complexity index is 611. The molecule has 3 aliphatic rings. The zero-order valence-corrected chi connectivity index (χ0v) is 13.6. The van der Waals surface area contributed by atoms with E-state index in [1.165, 1.54) is 12.8 Å². The Morgan fingerprint density at radius 3 is 2.70 bits per heavy atom. The first-order chi connectivity index (χ1) is 11.1. The molecule has 0 aromatic heterocycles. The summed E-state index contributed by atoms with van der Waals surface area (Å²) in [5.74, 6) is 1.74. The highest BCUT2D eigenvalue weighted by atomic mass is 16.2. The Balaban J connectivity index is 1.41. The number of benzene rings is 1. The molecule has 4 atom stereocenters. The summed E-state index contributed by atoms with van der Waals surface area (Å²) in [7, 11) is 0. The van der Waals surface area contributed by atoms with Crippen LogP contribution < -0.4 is 5.32 Å². The molecule has 2 aliphatic carbocycles. The van der Waals surface area contributed by atoms with Crippen LogP contribution in [0.3, 0.4) is 0 Å². The molecule has 2 saturated carbocycles. The molecule has 1 saturated heterocycles. The van der Waals surface area contributed by atoms with E-state index in [2.05, 4.69) is 17.1 Å². The van der Waals surface area contributed by atoms with E-state index in [4.69, 9.17) is 0 Å². The van der Waals surface area contributed by atoms with Gasteiger partial charge in [0.15, 0.2) is 0 Å². The fourth-order valence-corrected chi connectivity index (χ4v) is 4.62. The van der Waals surface area contributed by atoms with Gasteiger partial charge in [0.05, 0.1) is 0 Å². The van der Waals surface area contributed by atoms with Crippen LogP contribution in [0.5, 0.6) is 0 Å². The molecule has 23 heavy (non-hydrogen) atoms. The Hall–Kier alpha value is -1.84. The average Bonchev–Trinajstić information content (AvgIpc) is 3.27. The minimum Gasteiger partial charge on any atom is -0.352 e. The zero-order chi connectivity index (χ0) is 16.0. The van der Waals surface area contributed by atoms with Gasteiger partial charge in [-0.25, -0.2) is 0 Å². The summed E-state index contributed by atoms with van der Waals surface area (Å²) in [6.07, 6.45) is 4.13. The minimum atomic E-state index is -0.00961. The molecule has 0 bridgehead atoms. The van der Waals surface area contributed by atoms with Gasteiger partial charge >= 0.3 is 0 Å². The van der Waals surface area contributed by atoms with Gasteiger partial charge in [0.25, 0.3) is 5.91 Å². The van der Waals surface area contributed by atoms with Crippen molar-refractivity contribution in [3.8, 4) is 0 Å². The van der Waals surface area contributed by atoms with Crippen LogP contribution in [0.2, 0.25) is 0 Å². The van der Waals surface area contributed by atoms with Crippen molar-refractivity contribution in [1.82, 2.24) is 10.2 Å². The molecule has 1 aromatic carbocycles. The summed E-state index contributed by atoms with van der Waals surface area (Å²) in [5.41, 5.74) is 0.705. The lowest BCUT2D eigenvalue weighted by molar-refractivity contribution is -0.129. The van der Waals surface area contributed by atoms with Crippen LogP contribution in [0.1, 0.15) is 43.0 Å². The van der Waals surface area contributed by atoms with E-state index in [0.717, 1.165) is 6.42 Å². The quantitative estimate of drug-likeness (QED) is 0.928. The Morgan fingerprint density at radius 2 is 2.00 bits per heavy atom. The van der Waals surface area contributed by atoms with Gasteiger partial charge in [-0.05, 0) is 49.1 Å². The number of rotatable bonds is 4. The number of carbonyl (C=O) groups excluding carboxylic acids is 2. The molecule has 122 valence electrons. The minimum absolute atomic E-state index is 0.00961. The van der Waals surface area contributed by atoms with E-state index in [1.54, 1.807) is 0 Å². The van der Waals surface area contributed by atoms with Crippen molar-refractivity contribution in [2.75, 3.05) is 6.54 Å². The molecule has 4 rings (SSSR count). The summed E-state index contributed by atoms with van der Waals surface area (Å²) < 4.78 is 0. The summed E-state index contributed by atoms with van der Waals surface area (Å²) in [4.78, 5) is 26.8. The molecule has 4 nitrogen and oxygen atoms in total. The monoisotopic (exact) mass is 312 g/mol. The molecule has 1 heterocycles. The number of amides is 2. The number of fused-ring (bicyclic) bond motifs is 1. The molecule has 4 heteroatoms. The topological polar surface area (TPSA) is 49.4 Å². The number of hydrogen-bond donors (Lipinski definition) is 1. The number of hydrogen-bond acceptors (Lipinski definition) is 2. The van der Waals surface area contributed by atoms with Crippen molar-refractivity contribution in [2.45, 2.75) is 44.7 Å². The van der Waals surface area contributed by atoms with Crippen molar-refractivity contribution in [3.05, 3.63) is 35.9 Å². The van der Waals surface area contributed by atoms with Crippen LogP contribution >= 0.6 is 0 Å². The number of carbonyl (C=O) groups is 2. The largest absolute Gasteiger partial charge is 0.352 e. The Kier molecular flexibility index (Phi) is 3.63. The first-order valence-corrected chi connectivity index (χ1v) is 8.79. The van der Waals surface area contributed by atoms with Crippen LogP contribution in [-0.2, 0) is 4.79 Å². The van der Waals surface area contributed by atoms with Crippen molar-refractivity contribution in [1.29, 1.82) is 0 Å². The van der Waals surface area contributed by atoms with Gasteiger partial charge in [-0.1, -0.05) is 25.1 Å². The van der Waals surface area contributed by atoms with Crippen LogP contribution in [0.4, 0.5) is 0 Å². The van der Waals surface area contributed by atoms with E-state index in [9.17, 15) is 9.59 Å². The fourth-order valence-electron chi connectivity index (χ4n) is 4.62. The number of nitrogens with one attached hydrogen (secondary N) is 1. The fraction of sp³-hybridized carbons (Fsp3) is 0.579. The molecule has 0 spiro atoms. The predicted molar refractivity (Wildman–Crippen MR) is 87.8 cm³/mol. The highest BCUT2D eigenvalue weighted by molar-refractivity contribution is 5.94. The van der Waals surface area contributed by atoms with Gasteiger partial charge in [-0.2, -0.15) is 0 Å². The van der Waals surface area contributed by atoms with Gasteiger partial charge < -0.3 is 10.2 Å². The highest BCUT2D eigenvalue weighted by Gasteiger charge is 2.53. The summed E-state index contributed by atoms with van der Waals surface area (Å²) >= 11 is 0. The molecular formula is C19H24N2O2. The van der Waals surface area contributed by atoms with Gasteiger partial charge in [0, 0.05) is 30.6 Å². The number of nitrogens with zero attached hydrogens (tertiary/aromatic N) is 1. The molecule has 3 fully saturated rings. The van der Waals surface area contributed by atoms with Crippen molar-refractivity contribution < 1.29 is 9.59 Å². The summed E-state index contributed by atoms with van der Waals surface area (Å²) in [6, 6.07) is 10.3. The van der Waals surface area contributed by atoms with E-state index in [-0.39, 0.29) is 5.91 Å². The summed E-state index contributed by atoms with van der Waals surface area (Å²) in [6.45, 7) is 2.95. The standard InChI is InChI=1S/C19H24N2O2/c1-12-9-17-15(10-18(22)21(17)14-7-8-14)16(12)11-20-19(23)13-5-3-2-4-6-13/h2-6,12,14-17H,7-11H2,1H3,(H,20,23)/t12-,15-,16+,17+/m0/s1. The first-order valence-electron chi connectivity index (χ1n) is 8.79. The van der Waals surface area contributed by atoms with Gasteiger partial charge in [-0.15, -0.1) is 0 Å². The Morgan fingerprint density at radius 1 is 1.26 bits per heavy atom. The highest BCUT2D eigenvalue weighted by Crippen LogP contribution is 2.49. The maximum absolute atomic E-state index is 12.3. The van der Waals surface area contributed by atoms with E-state index in [1.807, 2.05) is 30.3 Å². The molecule has 0 unspecified atom stereocenters. The van der Waals surface area contributed by atoms with Crippen molar-refractivity contribution in [3.63, 3.8) is 0 Å². The molecule has 1 N–H and O–H groups in total. The average molecular weight is 312 g/mol. The lowest BCUT2D eigenvalue weighted by atomic mass is 9.88. The maximum Gasteiger partial charge on any atom is 0.251 e. The maximum atomic E-state index is 12.3. The third-order valence-corrected chi connectivity index (χ3v) is 5.92. The van der Waals surface area contributed by atoms with Crippen LogP contribution in [-0.4, -0.2) is 35.3 Å². The van der Waals surface area contributed by atoms with Gasteiger partial charge in [0.2, 0.25) is 5.91 Å². The predicted octanol–water partition coefficient (Wildman–Crippen LogP) is 2.45. The second-order valence-electron chi connectivity index (χ2n) is 7.42. The van der Waals surface area contributed by atoms with Gasteiger partial charge in [0.1, 0.15) is 0 Å². The van der Waals surface area contributed by atoms with Crippen molar-refractivity contribution in [2.24, 2.45) is 17.8 Å². The smallest absolute Gasteiger partial charge is 0.251 e. The number of likely N-dealkylation sites (tertiary alicyclic amines) is 1. The van der Waals surface area contributed by atoms with Crippen LogP contribution in [0.25, 0.3) is 0 Å². The summed E-state index contributed by atoms with van der Waals surface area (Å²) in [5, 5.41) is 3.09. The van der Waals surface area contributed by atoms with Crippen LogP contribution in [0, 0.1) is 17.8 Å². The lowest BCUT2D eigenvalue weighted by Crippen LogP contribution is -2.36. The van der Waals surface area contributed by atoms with Crippen LogP contribution in [0.15, 0.2) is 30.3 Å². The SMILES string of the molecule is C[C@H]1C[C@@H]2[C@@H](CC(=O)N2C2CC2)[C@@H]1CNC(=O)c1ccccc1. The second kappa shape index (κ2) is 5.66. The third-order valence-electron chi connectivity index (χ3n) is 5.92. The molecule has 2 amide bonds. The molecule has 1 aliphatic heterocycles. The first kappa shape index (κ1) is 14.7. The molecular weight excluding hydrogens is 288 g/mol. The van der Waals surface area contributed by atoms with E-state index in [0.29, 0.717) is 54.3 Å².